The van der Waals surface area contributed by atoms with Gasteiger partial charge in [0, 0.05) is 23.8 Å². The molecule has 1 aromatic rings. The van der Waals surface area contributed by atoms with Gasteiger partial charge in [-0.25, -0.2) is 0 Å². The molecule has 2 nitrogen and oxygen atoms in total. The Morgan fingerprint density at radius 2 is 2.24 bits per heavy atom. The lowest BCUT2D eigenvalue weighted by molar-refractivity contribution is -0.123. The largest absolute Gasteiger partial charge is 0.493 e. The number of carbonyl (C=O) groups excluding carboxylic acids is 1. The number of fused-ring (bicyclic) bond motifs is 1. The highest BCUT2D eigenvalue weighted by molar-refractivity contribution is 5.86. The summed E-state index contributed by atoms with van der Waals surface area (Å²) in [7, 11) is 0. The molecule has 0 radical (unpaired) electrons. The summed E-state index contributed by atoms with van der Waals surface area (Å²) in [5.41, 5.74) is 2.70. The summed E-state index contributed by atoms with van der Waals surface area (Å²) >= 11 is 0. The first-order chi connectivity index (χ1) is 8.18. The fourth-order valence-corrected chi connectivity index (χ4v) is 2.88. The molecule has 90 valence electrons. The van der Waals surface area contributed by atoms with Crippen molar-refractivity contribution in [2.24, 2.45) is 11.8 Å². The van der Waals surface area contributed by atoms with Crippen molar-refractivity contribution < 1.29 is 9.53 Å². The maximum Gasteiger partial charge on any atom is 0.139 e. The number of Topliss-reactive ketones (excluding diaryl/α,β-unsaturated/α-hetero) is 1. The smallest absolute Gasteiger partial charge is 0.139 e. The van der Waals surface area contributed by atoms with Gasteiger partial charge in [-0.3, -0.25) is 4.79 Å². The molecule has 1 heterocycles. The second-order valence-corrected chi connectivity index (χ2v) is 5.43. The number of hydrogen-bond acceptors (Lipinski definition) is 2. The minimum Gasteiger partial charge on any atom is -0.493 e. The first-order valence-electron chi connectivity index (χ1n) is 6.47. The van der Waals surface area contributed by atoms with E-state index in [9.17, 15) is 4.79 Å². The Labute approximate surface area is 102 Å². The van der Waals surface area contributed by atoms with Gasteiger partial charge in [0.15, 0.2) is 0 Å². The molecule has 0 amide bonds. The normalized spacial score (nSPS) is 25.6. The Bertz CT molecular complexity index is 462. The number of rotatable bonds is 3. The molecule has 17 heavy (non-hydrogen) atoms. The molecule has 0 spiro atoms. The van der Waals surface area contributed by atoms with E-state index in [-0.39, 0.29) is 11.8 Å². The molecule has 2 atom stereocenters. The molecule has 0 N–H and O–H groups in total. The lowest BCUT2D eigenvalue weighted by Crippen LogP contribution is -2.10. The lowest BCUT2D eigenvalue weighted by atomic mass is 9.97. The van der Waals surface area contributed by atoms with Gasteiger partial charge in [-0.05, 0) is 24.0 Å². The van der Waals surface area contributed by atoms with Crippen LogP contribution < -0.4 is 4.74 Å². The minimum absolute atomic E-state index is 0.165. The van der Waals surface area contributed by atoms with Crippen LogP contribution >= 0.6 is 0 Å². The summed E-state index contributed by atoms with van der Waals surface area (Å²) < 4.78 is 5.58. The summed E-state index contributed by atoms with van der Waals surface area (Å²) in [5, 5.41) is 0. The van der Waals surface area contributed by atoms with Gasteiger partial charge in [-0.1, -0.05) is 26.0 Å². The van der Waals surface area contributed by atoms with E-state index < -0.39 is 0 Å². The Kier molecular flexibility index (Phi) is 2.46. The van der Waals surface area contributed by atoms with E-state index in [0.29, 0.717) is 11.7 Å². The van der Waals surface area contributed by atoms with Crippen LogP contribution in [-0.2, 0) is 11.2 Å². The van der Waals surface area contributed by atoms with Crippen LogP contribution in [0.1, 0.15) is 37.3 Å². The molecule has 2 unspecified atom stereocenters. The van der Waals surface area contributed by atoms with Crippen molar-refractivity contribution in [1.29, 1.82) is 0 Å². The SMILES string of the molecule is CC(C)C(=O)C1CC1c1cccc2c1CCO2. The summed E-state index contributed by atoms with van der Waals surface area (Å²) in [6, 6.07) is 6.26. The molecule has 1 fully saturated rings. The lowest BCUT2D eigenvalue weighted by Gasteiger charge is -2.07. The van der Waals surface area contributed by atoms with E-state index in [0.717, 1.165) is 25.2 Å². The van der Waals surface area contributed by atoms with Gasteiger partial charge >= 0.3 is 0 Å². The van der Waals surface area contributed by atoms with Gasteiger partial charge in [-0.2, -0.15) is 0 Å². The van der Waals surface area contributed by atoms with Gasteiger partial charge in [0.25, 0.3) is 0 Å². The topological polar surface area (TPSA) is 26.3 Å². The van der Waals surface area contributed by atoms with Crippen molar-refractivity contribution in [1.82, 2.24) is 0 Å². The van der Waals surface area contributed by atoms with Crippen LogP contribution in [0.2, 0.25) is 0 Å². The average molecular weight is 230 g/mol. The van der Waals surface area contributed by atoms with Gasteiger partial charge in [0.2, 0.25) is 0 Å². The molecule has 0 bridgehead atoms. The Balaban J connectivity index is 1.84. The fourth-order valence-electron chi connectivity index (χ4n) is 2.88. The maximum atomic E-state index is 12.0. The van der Waals surface area contributed by atoms with E-state index in [2.05, 4.69) is 12.1 Å². The third kappa shape index (κ3) is 1.76. The molecule has 1 aliphatic heterocycles. The highest BCUT2D eigenvalue weighted by Crippen LogP contribution is 2.51. The van der Waals surface area contributed by atoms with Crippen LogP contribution in [0, 0.1) is 11.8 Å². The average Bonchev–Trinajstić information content (AvgIpc) is 2.95. The van der Waals surface area contributed by atoms with Crippen molar-refractivity contribution in [3.8, 4) is 5.75 Å². The van der Waals surface area contributed by atoms with Crippen molar-refractivity contribution in [2.75, 3.05) is 6.61 Å². The van der Waals surface area contributed by atoms with Crippen molar-refractivity contribution >= 4 is 5.78 Å². The molecular weight excluding hydrogens is 212 g/mol. The second kappa shape index (κ2) is 3.86. The van der Waals surface area contributed by atoms with Crippen molar-refractivity contribution in [3.05, 3.63) is 29.3 Å². The highest BCUT2D eigenvalue weighted by Gasteiger charge is 2.45. The van der Waals surface area contributed by atoms with Gasteiger partial charge < -0.3 is 4.74 Å². The summed E-state index contributed by atoms with van der Waals surface area (Å²) in [4.78, 5) is 12.0. The second-order valence-electron chi connectivity index (χ2n) is 5.43. The number of benzene rings is 1. The quantitative estimate of drug-likeness (QED) is 0.798. The van der Waals surface area contributed by atoms with Gasteiger partial charge in [0.1, 0.15) is 11.5 Å². The van der Waals surface area contributed by atoms with Crippen LogP contribution in [0.15, 0.2) is 18.2 Å². The molecule has 1 aliphatic carbocycles. The van der Waals surface area contributed by atoms with E-state index in [4.69, 9.17) is 4.74 Å². The fraction of sp³-hybridized carbons (Fsp3) is 0.533. The third-order valence-corrected chi connectivity index (χ3v) is 3.90. The van der Waals surface area contributed by atoms with E-state index in [1.54, 1.807) is 0 Å². The summed E-state index contributed by atoms with van der Waals surface area (Å²) in [6.45, 7) is 4.79. The first kappa shape index (κ1) is 10.8. The summed E-state index contributed by atoms with van der Waals surface area (Å²) in [6.07, 6.45) is 2.04. The van der Waals surface area contributed by atoms with Crippen molar-refractivity contribution in [2.45, 2.75) is 32.6 Å². The molecule has 2 aliphatic rings. The van der Waals surface area contributed by atoms with Gasteiger partial charge in [-0.15, -0.1) is 0 Å². The molecule has 3 rings (SSSR count). The predicted octanol–water partition coefficient (Wildman–Crippen LogP) is 2.95. The van der Waals surface area contributed by atoms with Gasteiger partial charge in [0.05, 0.1) is 6.61 Å². The molecule has 0 saturated heterocycles. The Hall–Kier alpha value is -1.31. The van der Waals surface area contributed by atoms with Crippen LogP contribution in [0.25, 0.3) is 0 Å². The zero-order chi connectivity index (χ0) is 12.0. The number of carbonyl (C=O) groups is 1. The zero-order valence-corrected chi connectivity index (χ0v) is 10.4. The first-order valence-corrected chi connectivity index (χ1v) is 6.47. The van der Waals surface area contributed by atoms with E-state index in [1.807, 2.05) is 19.9 Å². The number of ether oxygens (including phenoxy) is 1. The van der Waals surface area contributed by atoms with E-state index in [1.165, 1.54) is 11.1 Å². The predicted molar refractivity (Wildman–Crippen MR) is 66.3 cm³/mol. The maximum absolute atomic E-state index is 12.0. The Morgan fingerprint density at radius 1 is 1.41 bits per heavy atom. The molecule has 1 saturated carbocycles. The third-order valence-electron chi connectivity index (χ3n) is 3.90. The monoisotopic (exact) mass is 230 g/mol. The molecular formula is C15H18O2. The van der Waals surface area contributed by atoms with E-state index >= 15 is 0 Å². The van der Waals surface area contributed by atoms with Crippen LogP contribution in [0.5, 0.6) is 5.75 Å². The van der Waals surface area contributed by atoms with Crippen molar-refractivity contribution in [3.63, 3.8) is 0 Å². The number of ketones is 1. The van der Waals surface area contributed by atoms with Crippen LogP contribution in [0.4, 0.5) is 0 Å². The molecule has 1 aromatic carbocycles. The minimum atomic E-state index is 0.165. The number of hydrogen-bond donors (Lipinski definition) is 0. The molecule has 0 aromatic heterocycles. The zero-order valence-electron chi connectivity index (χ0n) is 10.4. The summed E-state index contributed by atoms with van der Waals surface area (Å²) in [5.74, 6) is 2.35. The Morgan fingerprint density at radius 3 is 3.00 bits per heavy atom. The van der Waals surface area contributed by atoms with Crippen LogP contribution in [0.3, 0.4) is 0 Å². The standard InChI is InChI=1S/C15H18O2/c1-9(2)15(16)13-8-12(13)10-4-3-5-14-11(10)6-7-17-14/h3-5,9,12-13H,6-8H2,1-2H3. The highest BCUT2D eigenvalue weighted by atomic mass is 16.5. The van der Waals surface area contributed by atoms with Crippen LogP contribution in [-0.4, -0.2) is 12.4 Å². The molecule has 2 heteroatoms.